The van der Waals surface area contributed by atoms with E-state index in [1.54, 1.807) is 20.8 Å². The van der Waals surface area contributed by atoms with Crippen molar-refractivity contribution in [2.45, 2.75) is 64.0 Å². The number of nitrogens with one attached hydrogen (secondary N) is 1. The Morgan fingerprint density at radius 3 is 2.50 bits per heavy atom. The predicted molar refractivity (Wildman–Crippen MR) is 76.7 cm³/mol. The molecule has 1 aliphatic carbocycles. The molecule has 5 nitrogen and oxygen atoms in total. The van der Waals surface area contributed by atoms with Gasteiger partial charge >= 0.3 is 12.1 Å². The second-order valence-corrected chi connectivity index (χ2v) is 6.35. The number of carbonyl (C=O) groups excluding carboxylic acids is 2. The van der Waals surface area contributed by atoms with Gasteiger partial charge in [-0.05, 0) is 33.6 Å². The van der Waals surface area contributed by atoms with Crippen LogP contribution in [0.25, 0.3) is 0 Å². The van der Waals surface area contributed by atoms with E-state index >= 15 is 0 Å². The second kappa shape index (κ2) is 7.07. The molecule has 7 heteroatoms. The van der Waals surface area contributed by atoms with Crippen LogP contribution < -0.4 is 5.32 Å². The lowest BCUT2D eigenvalue weighted by Gasteiger charge is -2.25. The maximum atomic E-state index is 13.1. The van der Waals surface area contributed by atoms with Gasteiger partial charge in [0.1, 0.15) is 11.6 Å². The summed E-state index contributed by atoms with van der Waals surface area (Å²) < 4.78 is 35.9. The van der Waals surface area contributed by atoms with Crippen molar-refractivity contribution in [3.05, 3.63) is 11.6 Å². The van der Waals surface area contributed by atoms with Gasteiger partial charge in [0.05, 0.1) is 7.11 Å². The molecule has 22 heavy (non-hydrogen) atoms. The molecule has 0 bridgehead atoms. The van der Waals surface area contributed by atoms with Crippen LogP contribution in [-0.4, -0.2) is 36.7 Å². The third-order valence-electron chi connectivity index (χ3n) is 3.14. The van der Waals surface area contributed by atoms with Gasteiger partial charge in [0, 0.05) is 12.8 Å². The number of hydrogen-bond donors (Lipinski definition) is 1. The van der Waals surface area contributed by atoms with E-state index in [9.17, 15) is 18.4 Å². The molecule has 0 aromatic heterocycles. The van der Waals surface area contributed by atoms with Gasteiger partial charge in [-0.1, -0.05) is 11.6 Å². The Labute approximate surface area is 129 Å². The summed E-state index contributed by atoms with van der Waals surface area (Å²) in [5, 5.41) is 2.43. The van der Waals surface area contributed by atoms with Crippen LogP contribution in [0.1, 0.15) is 46.5 Å². The fourth-order valence-electron chi connectivity index (χ4n) is 2.07. The Hall–Kier alpha value is -1.66. The number of alkyl carbamates (subject to hydrolysis) is 1. The third-order valence-corrected chi connectivity index (χ3v) is 3.14. The summed E-state index contributed by atoms with van der Waals surface area (Å²) in [6.07, 6.45) is 0.418. The molecule has 0 aliphatic heterocycles. The van der Waals surface area contributed by atoms with E-state index in [2.05, 4.69) is 10.1 Å². The largest absolute Gasteiger partial charge is 0.467 e. The highest BCUT2D eigenvalue weighted by Crippen LogP contribution is 2.33. The lowest BCUT2D eigenvalue weighted by Crippen LogP contribution is -2.44. The molecule has 1 aliphatic rings. The normalized spacial score (nSPS) is 18.9. The molecule has 0 radical (unpaired) electrons. The molecule has 1 atom stereocenters. The smallest absolute Gasteiger partial charge is 0.408 e. The summed E-state index contributed by atoms with van der Waals surface area (Å²) in [5.41, 5.74) is 0.00841. The van der Waals surface area contributed by atoms with Crippen molar-refractivity contribution in [2.75, 3.05) is 7.11 Å². The number of allylic oxidation sites excluding steroid dienone is 1. The molecule has 0 saturated carbocycles. The summed E-state index contributed by atoms with van der Waals surface area (Å²) in [6.45, 7) is 5.10. The van der Waals surface area contributed by atoms with Gasteiger partial charge in [0.25, 0.3) is 5.92 Å². The zero-order valence-electron chi connectivity index (χ0n) is 13.4. The van der Waals surface area contributed by atoms with E-state index in [-0.39, 0.29) is 25.7 Å². The van der Waals surface area contributed by atoms with Gasteiger partial charge in [-0.2, -0.15) is 0 Å². The minimum Gasteiger partial charge on any atom is -0.467 e. The monoisotopic (exact) mass is 319 g/mol. The fraction of sp³-hybridized carbons (Fsp3) is 0.733. The Morgan fingerprint density at radius 2 is 2.05 bits per heavy atom. The average Bonchev–Trinajstić information content (AvgIpc) is 2.37. The molecule has 1 rings (SSSR count). The Bertz CT molecular complexity index is 455. The standard InChI is InChI=1S/C15H23F2NO4/c1-14(2,3)22-13(20)18-11(12(19)21-4)9-10-5-7-15(16,17)8-6-10/h5,11H,6-9H2,1-4H3,(H,18,20). The lowest BCUT2D eigenvalue weighted by atomic mass is 9.92. The number of rotatable bonds is 4. The van der Waals surface area contributed by atoms with E-state index in [0.717, 1.165) is 0 Å². The van der Waals surface area contributed by atoms with Crippen molar-refractivity contribution in [3.63, 3.8) is 0 Å². The van der Waals surface area contributed by atoms with Crippen molar-refractivity contribution in [2.24, 2.45) is 0 Å². The van der Waals surface area contributed by atoms with Crippen LogP contribution in [0.5, 0.6) is 0 Å². The van der Waals surface area contributed by atoms with Crippen LogP contribution >= 0.6 is 0 Å². The first-order valence-corrected chi connectivity index (χ1v) is 7.15. The maximum absolute atomic E-state index is 13.1. The van der Waals surface area contributed by atoms with Gasteiger partial charge in [-0.3, -0.25) is 0 Å². The molecule has 1 N–H and O–H groups in total. The van der Waals surface area contributed by atoms with Crippen molar-refractivity contribution in [1.29, 1.82) is 0 Å². The second-order valence-electron chi connectivity index (χ2n) is 6.35. The van der Waals surface area contributed by atoms with Crippen molar-refractivity contribution in [3.8, 4) is 0 Å². The highest BCUT2D eigenvalue weighted by atomic mass is 19.3. The minimum atomic E-state index is -2.69. The van der Waals surface area contributed by atoms with Crippen LogP contribution in [0.15, 0.2) is 11.6 Å². The van der Waals surface area contributed by atoms with Gasteiger partial charge in [-0.25, -0.2) is 18.4 Å². The Kier molecular flexibility index (Phi) is 5.91. The van der Waals surface area contributed by atoms with Gasteiger partial charge in [0.15, 0.2) is 0 Å². The number of esters is 1. The Morgan fingerprint density at radius 1 is 1.41 bits per heavy atom. The highest BCUT2D eigenvalue weighted by Gasteiger charge is 2.33. The molecule has 1 unspecified atom stereocenters. The average molecular weight is 319 g/mol. The summed E-state index contributed by atoms with van der Waals surface area (Å²) in [5.74, 6) is -3.33. The quantitative estimate of drug-likeness (QED) is 0.638. The number of alkyl halides is 2. The number of amides is 1. The first kappa shape index (κ1) is 18.4. The Balaban J connectivity index is 2.68. The van der Waals surface area contributed by atoms with Crippen molar-refractivity contribution < 1.29 is 27.8 Å². The highest BCUT2D eigenvalue weighted by molar-refractivity contribution is 5.81. The van der Waals surface area contributed by atoms with Crippen LogP contribution in [0.2, 0.25) is 0 Å². The van der Waals surface area contributed by atoms with Crippen LogP contribution in [0.3, 0.4) is 0 Å². The zero-order chi connectivity index (χ0) is 17.0. The predicted octanol–water partition coefficient (Wildman–Crippen LogP) is 3.19. The molecule has 0 aromatic rings. The molecule has 0 aromatic carbocycles. The third kappa shape index (κ3) is 6.41. The van der Waals surface area contributed by atoms with Crippen LogP contribution in [0, 0.1) is 0 Å². The topological polar surface area (TPSA) is 64.6 Å². The van der Waals surface area contributed by atoms with E-state index in [0.29, 0.717) is 5.57 Å². The minimum absolute atomic E-state index is 0.141. The number of methoxy groups -OCH3 is 1. The first-order valence-electron chi connectivity index (χ1n) is 7.15. The van der Waals surface area contributed by atoms with Gasteiger partial charge < -0.3 is 14.8 Å². The number of hydrogen-bond acceptors (Lipinski definition) is 4. The molecular weight excluding hydrogens is 296 g/mol. The molecule has 0 saturated heterocycles. The summed E-state index contributed by atoms with van der Waals surface area (Å²) in [6, 6.07) is -0.946. The molecule has 1 amide bonds. The summed E-state index contributed by atoms with van der Waals surface area (Å²) in [4.78, 5) is 23.5. The maximum Gasteiger partial charge on any atom is 0.408 e. The van der Waals surface area contributed by atoms with Gasteiger partial charge in [0.2, 0.25) is 0 Å². The van der Waals surface area contributed by atoms with Gasteiger partial charge in [-0.15, -0.1) is 0 Å². The van der Waals surface area contributed by atoms with Crippen LogP contribution in [0.4, 0.5) is 13.6 Å². The molecular formula is C15H23F2NO4. The SMILES string of the molecule is COC(=O)C(CC1=CCC(F)(F)CC1)NC(=O)OC(C)(C)C. The van der Waals surface area contributed by atoms with Crippen molar-refractivity contribution >= 4 is 12.1 Å². The molecule has 126 valence electrons. The fourth-order valence-corrected chi connectivity index (χ4v) is 2.07. The number of halogens is 2. The van der Waals surface area contributed by atoms with E-state index < -0.39 is 29.6 Å². The number of carbonyl (C=O) groups is 2. The number of ether oxygens (including phenoxy) is 2. The molecule has 0 heterocycles. The van der Waals surface area contributed by atoms with E-state index in [4.69, 9.17) is 4.74 Å². The zero-order valence-corrected chi connectivity index (χ0v) is 13.4. The lowest BCUT2D eigenvalue weighted by molar-refractivity contribution is -0.143. The first-order chi connectivity index (χ1) is 10.0. The summed E-state index contributed by atoms with van der Waals surface area (Å²) >= 11 is 0. The van der Waals surface area contributed by atoms with E-state index in [1.807, 2.05) is 0 Å². The molecule has 0 fully saturated rings. The van der Waals surface area contributed by atoms with Crippen molar-refractivity contribution in [1.82, 2.24) is 5.32 Å². The van der Waals surface area contributed by atoms with Crippen LogP contribution in [-0.2, 0) is 14.3 Å². The van der Waals surface area contributed by atoms with E-state index in [1.165, 1.54) is 13.2 Å². The summed E-state index contributed by atoms with van der Waals surface area (Å²) in [7, 11) is 1.20. The molecule has 0 spiro atoms.